The second-order valence-corrected chi connectivity index (χ2v) is 11.1. The number of nitrogens with zero attached hydrogens (tertiary/aromatic N) is 2. The molecule has 39 heavy (non-hydrogen) atoms. The summed E-state index contributed by atoms with van der Waals surface area (Å²) in [6.07, 6.45) is 1.98. The van der Waals surface area contributed by atoms with Crippen molar-refractivity contribution < 1.29 is 9.53 Å². The van der Waals surface area contributed by atoms with Crippen LogP contribution < -0.4 is 14.9 Å². The third-order valence-electron chi connectivity index (χ3n) is 7.43. The molecule has 0 spiro atoms. The first kappa shape index (κ1) is 25.0. The number of methoxy groups -OCH3 is 1. The number of fused-ring (bicyclic) bond motifs is 3. The number of esters is 1. The number of aromatic nitrogens is 1. The lowest BCUT2D eigenvalue weighted by molar-refractivity contribution is -0.136. The Morgan fingerprint density at radius 1 is 0.974 bits per heavy atom. The fraction of sp³-hybridized carbons (Fsp3) is 0.182. The first-order chi connectivity index (χ1) is 18.9. The molecule has 0 bridgehead atoms. The zero-order valence-electron chi connectivity index (χ0n) is 22.3. The molecule has 0 fully saturated rings. The normalized spacial score (nSPS) is 15.6. The summed E-state index contributed by atoms with van der Waals surface area (Å²) in [6.45, 7) is 6.08. The summed E-state index contributed by atoms with van der Waals surface area (Å²) in [4.78, 5) is 32.4. The van der Waals surface area contributed by atoms with Crippen molar-refractivity contribution in [3.05, 3.63) is 127 Å². The molecule has 1 aliphatic rings. The predicted octanol–water partition coefficient (Wildman–Crippen LogP) is 5.84. The van der Waals surface area contributed by atoms with Crippen LogP contribution in [0.5, 0.6) is 0 Å². The maximum absolute atomic E-state index is 14.1. The Balaban J connectivity index is 1.63. The van der Waals surface area contributed by atoms with Crippen LogP contribution in [0, 0.1) is 0 Å². The van der Waals surface area contributed by atoms with Gasteiger partial charge in [0.15, 0.2) is 4.80 Å². The Morgan fingerprint density at radius 2 is 1.59 bits per heavy atom. The maximum Gasteiger partial charge on any atom is 0.338 e. The van der Waals surface area contributed by atoms with Crippen molar-refractivity contribution in [3.63, 3.8) is 0 Å². The van der Waals surface area contributed by atoms with E-state index in [-0.39, 0.29) is 5.56 Å². The van der Waals surface area contributed by atoms with Gasteiger partial charge in [-0.3, -0.25) is 9.36 Å². The highest BCUT2D eigenvalue weighted by Crippen LogP contribution is 2.32. The predicted molar refractivity (Wildman–Crippen MR) is 158 cm³/mol. The summed E-state index contributed by atoms with van der Waals surface area (Å²) in [5, 5.41) is 4.38. The SMILES string of the molecule is COC(=O)C1=C(C)N=c2s/c(=C\c3c4ccccc4cc4ccccc34)c(=O)n2[C@H]1c1ccc(C(C)C)cc1. The third kappa shape index (κ3) is 4.21. The highest BCUT2D eigenvalue weighted by molar-refractivity contribution is 7.07. The topological polar surface area (TPSA) is 60.7 Å². The average Bonchev–Trinajstić information content (AvgIpc) is 3.25. The highest BCUT2D eigenvalue weighted by Gasteiger charge is 2.33. The van der Waals surface area contributed by atoms with Crippen LogP contribution >= 0.6 is 11.3 Å². The van der Waals surface area contributed by atoms with Crippen LogP contribution in [-0.2, 0) is 9.53 Å². The fourth-order valence-corrected chi connectivity index (χ4v) is 6.44. The molecule has 0 amide bonds. The molecule has 6 rings (SSSR count). The lowest BCUT2D eigenvalue weighted by Crippen LogP contribution is -2.39. The number of carbonyl (C=O) groups excluding carboxylic acids is 1. The smallest absolute Gasteiger partial charge is 0.338 e. The molecule has 1 aromatic heterocycles. The minimum atomic E-state index is -0.624. The Hall–Kier alpha value is -4.29. The molecule has 2 heterocycles. The molecule has 0 saturated heterocycles. The molecule has 0 radical (unpaired) electrons. The van der Waals surface area contributed by atoms with E-state index < -0.39 is 12.0 Å². The molecule has 0 N–H and O–H groups in total. The van der Waals surface area contributed by atoms with Crippen LogP contribution in [0.3, 0.4) is 0 Å². The highest BCUT2D eigenvalue weighted by atomic mass is 32.1. The Bertz CT molecular complexity index is 1920. The van der Waals surface area contributed by atoms with Gasteiger partial charge in [0, 0.05) is 0 Å². The Labute approximate surface area is 230 Å². The number of hydrogen-bond donors (Lipinski definition) is 0. The second kappa shape index (κ2) is 9.79. The minimum Gasteiger partial charge on any atom is -0.466 e. The Morgan fingerprint density at radius 3 is 2.18 bits per heavy atom. The minimum absolute atomic E-state index is 0.178. The number of rotatable bonds is 4. The quantitative estimate of drug-likeness (QED) is 0.216. The summed E-state index contributed by atoms with van der Waals surface area (Å²) in [5.41, 5.74) is 3.79. The van der Waals surface area contributed by atoms with Crippen molar-refractivity contribution >= 4 is 44.9 Å². The van der Waals surface area contributed by atoms with E-state index in [1.807, 2.05) is 42.5 Å². The van der Waals surface area contributed by atoms with Crippen LogP contribution in [-0.4, -0.2) is 17.6 Å². The molecule has 5 aromatic rings. The van der Waals surface area contributed by atoms with Crippen LogP contribution in [0.4, 0.5) is 0 Å². The first-order valence-corrected chi connectivity index (χ1v) is 13.8. The van der Waals surface area contributed by atoms with Gasteiger partial charge in [0.2, 0.25) is 0 Å². The van der Waals surface area contributed by atoms with Gasteiger partial charge in [-0.2, -0.15) is 0 Å². The van der Waals surface area contributed by atoms with Crippen molar-refractivity contribution in [1.82, 2.24) is 4.57 Å². The van der Waals surface area contributed by atoms with Gasteiger partial charge < -0.3 is 4.74 Å². The van der Waals surface area contributed by atoms with Crippen LogP contribution in [0.2, 0.25) is 0 Å². The van der Waals surface area contributed by atoms with Crippen LogP contribution in [0.1, 0.15) is 49.4 Å². The number of carbonyl (C=O) groups is 1. The number of allylic oxidation sites excluding steroid dienone is 1. The lowest BCUT2D eigenvalue weighted by Gasteiger charge is -2.24. The largest absolute Gasteiger partial charge is 0.466 e. The van der Waals surface area contributed by atoms with Gasteiger partial charge in [-0.15, -0.1) is 0 Å². The molecule has 6 heteroatoms. The van der Waals surface area contributed by atoms with Gasteiger partial charge >= 0.3 is 5.97 Å². The first-order valence-electron chi connectivity index (χ1n) is 13.0. The maximum atomic E-state index is 14.1. The molecule has 0 aliphatic carbocycles. The van der Waals surface area contributed by atoms with Crippen molar-refractivity contribution in [2.75, 3.05) is 7.11 Å². The summed E-state index contributed by atoms with van der Waals surface area (Å²) in [6, 6.07) is 26.1. The molecule has 1 atom stereocenters. The van der Waals surface area contributed by atoms with Gasteiger partial charge in [-0.25, -0.2) is 9.79 Å². The van der Waals surface area contributed by atoms with E-state index in [0.717, 1.165) is 32.7 Å². The van der Waals surface area contributed by atoms with E-state index in [2.05, 4.69) is 56.3 Å². The van der Waals surface area contributed by atoms with Crippen molar-refractivity contribution in [1.29, 1.82) is 0 Å². The summed E-state index contributed by atoms with van der Waals surface area (Å²) >= 11 is 1.35. The zero-order valence-corrected chi connectivity index (χ0v) is 23.1. The summed E-state index contributed by atoms with van der Waals surface area (Å²) < 4.78 is 7.36. The van der Waals surface area contributed by atoms with Crippen molar-refractivity contribution in [3.8, 4) is 0 Å². The summed E-state index contributed by atoms with van der Waals surface area (Å²) in [7, 11) is 1.36. The fourth-order valence-electron chi connectivity index (χ4n) is 5.41. The van der Waals surface area contributed by atoms with E-state index in [1.54, 1.807) is 11.5 Å². The summed E-state index contributed by atoms with van der Waals surface area (Å²) in [5.74, 6) is -0.113. The number of thiazole rings is 1. The van der Waals surface area contributed by atoms with E-state index >= 15 is 0 Å². The molecular formula is C33H28N2O3S. The Kier molecular flexibility index (Phi) is 6.28. The van der Waals surface area contributed by atoms with E-state index in [1.165, 1.54) is 24.0 Å². The van der Waals surface area contributed by atoms with E-state index in [0.29, 0.717) is 26.5 Å². The molecule has 5 nitrogen and oxygen atoms in total. The van der Waals surface area contributed by atoms with Gasteiger partial charge in [-0.1, -0.05) is 98.0 Å². The van der Waals surface area contributed by atoms with Gasteiger partial charge in [0.25, 0.3) is 5.56 Å². The van der Waals surface area contributed by atoms with Crippen molar-refractivity contribution in [2.24, 2.45) is 4.99 Å². The number of hydrogen-bond acceptors (Lipinski definition) is 5. The monoisotopic (exact) mass is 532 g/mol. The molecule has 0 unspecified atom stereocenters. The standard InChI is InChI=1S/C33H28N2O3S/c1-19(2)21-13-15-22(16-14-21)30-29(32(37)38-4)20(3)34-33-35(30)31(36)28(39-33)18-27-25-11-7-5-9-23(25)17-24-10-6-8-12-26(24)27/h5-19,30H,1-4H3/b28-18-/t30-/m0/s1. The lowest BCUT2D eigenvalue weighted by atomic mass is 9.93. The molecule has 194 valence electrons. The van der Waals surface area contributed by atoms with Crippen LogP contribution in [0.25, 0.3) is 27.6 Å². The third-order valence-corrected chi connectivity index (χ3v) is 8.42. The average molecular weight is 533 g/mol. The van der Waals surface area contributed by atoms with E-state index in [9.17, 15) is 9.59 Å². The van der Waals surface area contributed by atoms with E-state index in [4.69, 9.17) is 9.73 Å². The molecule has 0 saturated carbocycles. The van der Waals surface area contributed by atoms with Crippen molar-refractivity contribution in [2.45, 2.75) is 32.7 Å². The van der Waals surface area contributed by atoms with Gasteiger partial charge in [0.1, 0.15) is 0 Å². The van der Waals surface area contributed by atoms with Gasteiger partial charge in [0.05, 0.1) is 29.0 Å². The number of benzene rings is 4. The molecule has 4 aromatic carbocycles. The van der Waals surface area contributed by atoms with Crippen LogP contribution in [0.15, 0.2) is 99.9 Å². The zero-order chi connectivity index (χ0) is 27.3. The van der Waals surface area contributed by atoms with Gasteiger partial charge in [-0.05, 0) is 63.2 Å². The molecular weight excluding hydrogens is 504 g/mol. The molecule has 1 aliphatic heterocycles. The number of ether oxygens (including phenoxy) is 1. The second-order valence-electron chi connectivity index (χ2n) is 10.1.